The third-order valence-electron chi connectivity index (χ3n) is 5.71. The fourth-order valence-electron chi connectivity index (χ4n) is 4.09. The van der Waals surface area contributed by atoms with Gasteiger partial charge in [-0.05, 0) is 25.0 Å². The molecule has 2 aliphatic rings. The number of carbonyl (C=O) groups is 2. The van der Waals surface area contributed by atoms with Crippen LogP contribution in [0, 0.1) is 0 Å². The summed E-state index contributed by atoms with van der Waals surface area (Å²) in [5.74, 6) is -0.178. The van der Waals surface area contributed by atoms with Crippen molar-refractivity contribution in [2.24, 2.45) is 0 Å². The summed E-state index contributed by atoms with van der Waals surface area (Å²) in [6.07, 6.45) is 2.71. The second-order valence-electron chi connectivity index (χ2n) is 7.65. The fourth-order valence-corrected chi connectivity index (χ4v) is 4.09. The maximum absolute atomic E-state index is 12.6. The largest absolute Gasteiger partial charge is 0.376 e. The minimum absolute atomic E-state index is 0.00530. The molecule has 0 bridgehead atoms. The molecule has 0 unspecified atom stereocenters. The third-order valence-corrected chi connectivity index (χ3v) is 5.71. The van der Waals surface area contributed by atoms with Gasteiger partial charge in [0.2, 0.25) is 11.8 Å². The Morgan fingerprint density at radius 2 is 1.83 bits per heavy atom. The number of nitrogens with zero attached hydrogens (tertiary/aromatic N) is 3. The van der Waals surface area contributed by atoms with Crippen molar-refractivity contribution in [1.82, 2.24) is 14.5 Å². The Balaban J connectivity index is 1.46. The zero-order valence-corrected chi connectivity index (χ0v) is 16.2. The monoisotopic (exact) mass is 397 g/mol. The van der Waals surface area contributed by atoms with Gasteiger partial charge in [0, 0.05) is 38.8 Å². The van der Waals surface area contributed by atoms with Gasteiger partial charge in [0.1, 0.15) is 6.54 Å². The molecule has 1 saturated heterocycles. The van der Waals surface area contributed by atoms with Crippen molar-refractivity contribution in [1.29, 1.82) is 0 Å². The number of carbonyl (C=O) groups excluding carboxylic acids is 2. The number of rotatable bonds is 2. The van der Waals surface area contributed by atoms with Crippen LogP contribution >= 0.6 is 0 Å². The van der Waals surface area contributed by atoms with Crippen LogP contribution in [0.5, 0.6) is 0 Å². The lowest BCUT2D eigenvalue weighted by atomic mass is 9.84. The number of nitrogens with one attached hydrogen (secondary N) is 2. The number of H-pyrrole nitrogens is 1. The van der Waals surface area contributed by atoms with Gasteiger partial charge in [-0.1, -0.05) is 12.1 Å². The van der Waals surface area contributed by atoms with E-state index in [0.717, 1.165) is 11.4 Å². The second-order valence-corrected chi connectivity index (χ2v) is 7.65. The van der Waals surface area contributed by atoms with Crippen molar-refractivity contribution in [3.8, 4) is 0 Å². The highest BCUT2D eigenvalue weighted by Crippen LogP contribution is 2.39. The highest BCUT2D eigenvalue weighted by Gasteiger charge is 2.41. The number of fused-ring (bicyclic) bond motifs is 1. The van der Waals surface area contributed by atoms with Gasteiger partial charge >= 0.3 is 5.69 Å². The first-order valence-corrected chi connectivity index (χ1v) is 9.60. The van der Waals surface area contributed by atoms with Crippen molar-refractivity contribution >= 4 is 23.2 Å². The lowest BCUT2D eigenvalue weighted by Gasteiger charge is -2.49. The highest BCUT2D eigenvalue weighted by atomic mass is 16.2. The van der Waals surface area contributed by atoms with Gasteiger partial charge < -0.3 is 15.1 Å². The van der Waals surface area contributed by atoms with E-state index in [4.69, 9.17) is 0 Å². The van der Waals surface area contributed by atoms with E-state index >= 15 is 0 Å². The van der Waals surface area contributed by atoms with Crippen LogP contribution in [-0.4, -0.2) is 51.4 Å². The fraction of sp³-hybridized carbons (Fsp3) is 0.400. The Bertz CT molecular complexity index is 1060. The average Bonchev–Trinajstić information content (AvgIpc) is 2.70. The molecule has 2 aromatic rings. The van der Waals surface area contributed by atoms with Gasteiger partial charge in [-0.15, -0.1) is 0 Å². The van der Waals surface area contributed by atoms with Crippen LogP contribution in [0.3, 0.4) is 0 Å². The molecule has 0 atom stereocenters. The van der Waals surface area contributed by atoms with Crippen LogP contribution in [0.4, 0.5) is 11.4 Å². The SMILES string of the molecule is CC(=O)N1CC2(CCN(C(=O)Cn3ccc(=O)[nH]c3=O)CC2)Nc2ccccc21. The topological polar surface area (TPSA) is 108 Å². The summed E-state index contributed by atoms with van der Waals surface area (Å²) in [6.45, 7) is 3.06. The number of anilines is 2. The first kappa shape index (κ1) is 19.0. The summed E-state index contributed by atoms with van der Waals surface area (Å²) >= 11 is 0. The molecule has 9 nitrogen and oxygen atoms in total. The molecule has 1 aromatic heterocycles. The molecule has 0 radical (unpaired) electrons. The summed E-state index contributed by atoms with van der Waals surface area (Å²) in [7, 11) is 0. The normalized spacial score (nSPS) is 17.6. The summed E-state index contributed by atoms with van der Waals surface area (Å²) in [6, 6.07) is 8.96. The van der Waals surface area contributed by atoms with Crippen LogP contribution in [0.15, 0.2) is 46.1 Å². The standard InChI is InChI=1S/C20H23N5O4/c1-14(26)25-13-20(22-15-4-2-3-5-16(15)25)7-10-23(11-8-20)18(28)12-24-9-6-17(27)21-19(24)29/h2-6,9,22H,7-8,10-13H2,1H3,(H,21,27,29). The van der Waals surface area contributed by atoms with E-state index < -0.39 is 11.2 Å². The van der Waals surface area contributed by atoms with Crippen LogP contribution in [0.1, 0.15) is 19.8 Å². The summed E-state index contributed by atoms with van der Waals surface area (Å²) in [5.41, 5.74) is 0.431. The van der Waals surface area contributed by atoms with E-state index in [2.05, 4.69) is 10.3 Å². The number of likely N-dealkylation sites (tertiary alicyclic amines) is 1. The molecule has 2 aliphatic heterocycles. The predicted octanol–water partition coefficient (Wildman–Crippen LogP) is 0.376. The average molecular weight is 397 g/mol. The molecule has 4 rings (SSSR count). The maximum atomic E-state index is 12.6. The molecule has 2 amide bonds. The van der Waals surface area contributed by atoms with Gasteiger partial charge in [0.15, 0.2) is 0 Å². The number of amides is 2. The Morgan fingerprint density at radius 1 is 1.10 bits per heavy atom. The Morgan fingerprint density at radius 3 is 2.52 bits per heavy atom. The van der Waals surface area contributed by atoms with E-state index in [-0.39, 0.29) is 23.9 Å². The first-order chi connectivity index (χ1) is 13.9. The quantitative estimate of drug-likeness (QED) is 0.762. The number of aromatic amines is 1. The van der Waals surface area contributed by atoms with E-state index in [1.165, 1.54) is 16.8 Å². The van der Waals surface area contributed by atoms with E-state index in [0.29, 0.717) is 32.5 Å². The first-order valence-electron chi connectivity index (χ1n) is 9.60. The van der Waals surface area contributed by atoms with E-state index in [1.54, 1.807) is 16.7 Å². The number of para-hydroxylation sites is 2. The molecule has 1 fully saturated rings. The van der Waals surface area contributed by atoms with E-state index in [9.17, 15) is 19.2 Å². The number of hydrogen-bond acceptors (Lipinski definition) is 5. The van der Waals surface area contributed by atoms with Gasteiger partial charge in [-0.25, -0.2) is 4.79 Å². The van der Waals surface area contributed by atoms with Crippen molar-refractivity contribution in [3.63, 3.8) is 0 Å². The minimum atomic E-state index is -0.595. The van der Waals surface area contributed by atoms with Crippen LogP contribution in [-0.2, 0) is 16.1 Å². The van der Waals surface area contributed by atoms with Crippen molar-refractivity contribution in [2.75, 3.05) is 29.9 Å². The Hall–Kier alpha value is -3.36. The van der Waals surface area contributed by atoms with Crippen molar-refractivity contribution in [3.05, 3.63) is 57.4 Å². The molecule has 0 aliphatic carbocycles. The number of piperidine rings is 1. The van der Waals surface area contributed by atoms with Gasteiger partial charge in [0.05, 0.1) is 16.9 Å². The highest BCUT2D eigenvalue weighted by molar-refractivity contribution is 5.96. The predicted molar refractivity (Wildman–Crippen MR) is 108 cm³/mol. The van der Waals surface area contributed by atoms with Gasteiger partial charge in [0.25, 0.3) is 5.56 Å². The van der Waals surface area contributed by atoms with Gasteiger partial charge in [-0.2, -0.15) is 0 Å². The molecule has 29 heavy (non-hydrogen) atoms. The Labute approximate surface area is 166 Å². The summed E-state index contributed by atoms with van der Waals surface area (Å²) in [4.78, 5) is 53.5. The molecular weight excluding hydrogens is 374 g/mol. The number of hydrogen-bond donors (Lipinski definition) is 2. The van der Waals surface area contributed by atoms with Crippen LogP contribution < -0.4 is 21.5 Å². The molecular formula is C20H23N5O4. The Kier molecular flexibility index (Phi) is 4.73. The molecule has 0 saturated carbocycles. The van der Waals surface area contributed by atoms with Crippen LogP contribution in [0.25, 0.3) is 0 Å². The molecule has 1 spiro atoms. The zero-order valence-electron chi connectivity index (χ0n) is 16.2. The lowest BCUT2D eigenvalue weighted by Crippen LogP contribution is -2.59. The summed E-state index contributed by atoms with van der Waals surface area (Å²) < 4.78 is 1.20. The molecule has 152 valence electrons. The van der Waals surface area contributed by atoms with Crippen LogP contribution in [0.2, 0.25) is 0 Å². The summed E-state index contributed by atoms with van der Waals surface area (Å²) in [5, 5.41) is 3.59. The lowest BCUT2D eigenvalue weighted by molar-refractivity contribution is -0.133. The second kappa shape index (κ2) is 7.23. The van der Waals surface area contributed by atoms with Crippen molar-refractivity contribution < 1.29 is 9.59 Å². The number of aromatic nitrogens is 2. The minimum Gasteiger partial charge on any atom is -0.376 e. The molecule has 2 N–H and O–H groups in total. The van der Waals surface area contributed by atoms with Gasteiger partial charge in [-0.3, -0.25) is 23.9 Å². The van der Waals surface area contributed by atoms with E-state index in [1.807, 2.05) is 24.3 Å². The number of benzene rings is 1. The third kappa shape index (κ3) is 3.67. The maximum Gasteiger partial charge on any atom is 0.328 e. The molecule has 1 aromatic carbocycles. The molecule has 9 heteroatoms. The smallest absolute Gasteiger partial charge is 0.328 e. The zero-order chi connectivity index (χ0) is 20.6. The molecule has 3 heterocycles. The van der Waals surface area contributed by atoms with Crippen molar-refractivity contribution in [2.45, 2.75) is 31.8 Å².